The van der Waals surface area contributed by atoms with E-state index in [0.29, 0.717) is 12.3 Å². The molecule has 18 heavy (non-hydrogen) atoms. The maximum atomic E-state index is 11.1. The maximum Gasteiger partial charge on any atom is 0.339 e. The predicted molar refractivity (Wildman–Crippen MR) is 66.4 cm³/mol. The number of ether oxygens (including phenoxy) is 1. The standard InChI is InChI=1S/C12H11ClN2O3/c1-2-15-7-8(6-14-15)18-11-9(12(16)17)4-3-5-10(11)13/h3-7H,2H2,1H3,(H,16,17). The number of halogens is 1. The van der Waals surface area contributed by atoms with Crippen LogP contribution in [-0.4, -0.2) is 20.9 Å². The van der Waals surface area contributed by atoms with Gasteiger partial charge in [0.2, 0.25) is 0 Å². The Bertz CT molecular complexity index is 580. The van der Waals surface area contributed by atoms with Crippen molar-refractivity contribution in [3.63, 3.8) is 0 Å². The summed E-state index contributed by atoms with van der Waals surface area (Å²) < 4.78 is 7.16. The molecule has 0 aliphatic carbocycles. The summed E-state index contributed by atoms with van der Waals surface area (Å²) in [6.07, 6.45) is 3.19. The number of hydrogen-bond acceptors (Lipinski definition) is 3. The molecule has 0 atom stereocenters. The van der Waals surface area contributed by atoms with Crippen LogP contribution in [0.4, 0.5) is 0 Å². The first-order valence-electron chi connectivity index (χ1n) is 5.34. The zero-order valence-electron chi connectivity index (χ0n) is 9.63. The summed E-state index contributed by atoms with van der Waals surface area (Å²) in [4.78, 5) is 11.1. The fourth-order valence-electron chi connectivity index (χ4n) is 1.47. The molecule has 1 aromatic heterocycles. The van der Waals surface area contributed by atoms with Crippen molar-refractivity contribution in [2.75, 3.05) is 0 Å². The van der Waals surface area contributed by atoms with Gasteiger partial charge >= 0.3 is 5.97 Å². The zero-order chi connectivity index (χ0) is 13.1. The monoisotopic (exact) mass is 266 g/mol. The van der Waals surface area contributed by atoms with Gasteiger partial charge in [0.25, 0.3) is 0 Å². The Kier molecular flexibility index (Phi) is 3.53. The lowest BCUT2D eigenvalue weighted by Gasteiger charge is -2.08. The third-order valence-electron chi connectivity index (χ3n) is 2.35. The normalized spacial score (nSPS) is 10.3. The van der Waals surface area contributed by atoms with Crippen molar-refractivity contribution in [3.8, 4) is 11.5 Å². The fraction of sp³-hybridized carbons (Fsp3) is 0.167. The highest BCUT2D eigenvalue weighted by molar-refractivity contribution is 6.32. The van der Waals surface area contributed by atoms with Crippen molar-refractivity contribution in [1.29, 1.82) is 0 Å². The van der Waals surface area contributed by atoms with Crippen LogP contribution in [-0.2, 0) is 6.54 Å². The minimum absolute atomic E-state index is 0.0201. The molecule has 0 radical (unpaired) electrons. The van der Waals surface area contributed by atoms with Gasteiger partial charge in [-0.1, -0.05) is 17.7 Å². The number of hydrogen-bond donors (Lipinski definition) is 1. The van der Waals surface area contributed by atoms with E-state index in [9.17, 15) is 4.79 Å². The Labute approximate surface area is 109 Å². The molecule has 1 heterocycles. The summed E-state index contributed by atoms with van der Waals surface area (Å²) in [5.74, 6) is -0.509. The number of carbonyl (C=O) groups is 1. The van der Waals surface area contributed by atoms with Crippen LogP contribution in [0.1, 0.15) is 17.3 Å². The number of aryl methyl sites for hydroxylation is 1. The highest BCUT2D eigenvalue weighted by Crippen LogP contribution is 2.32. The van der Waals surface area contributed by atoms with E-state index in [1.54, 1.807) is 23.0 Å². The van der Waals surface area contributed by atoms with Gasteiger partial charge in [0.05, 0.1) is 17.4 Å². The van der Waals surface area contributed by atoms with Gasteiger partial charge in [-0.15, -0.1) is 0 Å². The molecule has 0 aliphatic rings. The second-order valence-electron chi connectivity index (χ2n) is 3.56. The van der Waals surface area contributed by atoms with Crippen LogP contribution in [0.5, 0.6) is 11.5 Å². The van der Waals surface area contributed by atoms with Gasteiger partial charge in [-0.3, -0.25) is 4.68 Å². The summed E-state index contributed by atoms with van der Waals surface area (Å²) in [6.45, 7) is 2.65. The zero-order valence-corrected chi connectivity index (χ0v) is 10.4. The lowest BCUT2D eigenvalue weighted by Crippen LogP contribution is -2.00. The molecule has 0 bridgehead atoms. The van der Waals surface area contributed by atoms with E-state index in [0.717, 1.165) is 0 Å². The fourth-order valence-corrected chi connectivity index (χ4v) is 1.68. The topological polar surface area (TPSA) is 64.3 Å². The van der Waals surface area contributed by atoms with Crippen LogP contribution in [0, 0.1) is 0 Å². The molecule has 5 nitrogen and oxygen atoms in total. The lowest BCUT2D eigenvalue weighted by molar-refractivity contribution is 0.0694. The molecular formula is C12H11ClN2O3. The highest BCUT2D eigenvalue weighted by atomic mass is 35.5. The smallest absolute Gasteiger partial charge is 0.339 e. The molecule has 6 heteroatoms. The van der Waals surface area contributed by atoms with E-state index in [4.69, 9.17) is 21.4 Å². The number of carboxylic acid groups (broad SMARTS) is 1. The van der Waals surface area contributed by atoms with Crippen molar-refractivity contribution in [2.45, 2.75) is 13.5 Å². The molecule has 1 aromatic carbocycles. The first-order valence-corrected chi connectivity index (χ1v) is 5.71. The Morgan fingerprint density at radius 3 is 2.94 bits per heavy atom. The van der Waals surface area contributed by atoms with Crippen molar-refractivity contribution in [1.82, 2.24) is 9.78 Å². The lowest BCUT2D eigenvalue weighted by atomic mass is 10.2. The Morgan fingerprint density at radius 1 is 1.56 bits per heavy atom. The van der Waals surface area contributed by atoms with Crippen LogP contribution in [0.25, 0.3) is 0 Å². The van der Waals surface area contributed by atoms with Gasteiger partial charge in [-0.05, 0) is 19.1 Å². The minimum atomic E-state index is -1.09. The van der Waals surface area contributed by atoms with Gasteiger partial charge in [0.1, 0.15) is 5.56 Å². The molecule has 0 amide bonds. The minimum Gasteiger partial charge on any atom is -0.478 e. The number of aromatic nitrogens is 2. The average molecular weight is 267 g/mol. The van der Waals surface area contributed by atoms with Gasteiger partial charge in [-0.2, -0.15) is 5.10 Å². The first kappa shape index (κ1) is 12.4. The molecule has 94 valence electrons. The van der Waals surface area contributed by atoms with Crippen LogP contribution in [0.3, 0.4) is 0 Å². The summed E-state index contributed by atoms with van der Waals surface area (Å²) in [5.41, 5.74) is 0.0201. The molecule has 0 spiro atoms. The summed E-state index contributed by atoms with van der Waals surface area (Å²) in [5, 5.41) is 13.3. The number of para-hydroxylation sites is 1. The Hall–Kier alpha value is -2.01. The van der Waals surface area contributed by atoms with Gasteiger partial charge < -0.3 is 9.84 Å². The number of rotatable bonds is 4. The SMILES string of the molecule is CCn1cc(Oc2c(Cl)cccc2C(=O)O)cn1. The molecule has 0 aliphatic heterocycles. The van der Waals surface area contributed by atoms with Crippen LogP contribution in [0.15, 0.2) is 30.6 Å². The number of carboxylic acids is 1. The summed E-state index contributed by atoms with van der Waals surface area (Å²) in [6, 6.07) is 4.58. The summed E-state index contributed by atoms with van der Waals surface area (Å²) >= 11 is 5.95. The summed E-state index contributed by atoms with van der Waals surface area (Å²) in [7, 11) is 0. The van der Waals surface area contributed by atoms with Crippen molar-refractivity contribution in [2.24, 2.45) is 0 Å². The largest absolute Gasteiger partial charge is 0.478 e. The molecule has 0 saturated carbocycles. The average Bonchev–Trinajstić information content (AvgIpc) is 2.79. The van der Waals surface area contributed by atoms with E-state index in [2.05, 4.69) is 5.10 Å². The highest BCUT2D eigenvalue weighted by Gasteiger charge is 2.15. The molecule has 2 aromatic rings. The Morgan fingerprint density at radius 2 is 2.33 bits per heavy atom. The van der Waals surface area contributed by atoms with Crippen molar-refractivity contribution < 1.29 is 14.6 Å². The first-order chi connectivity index (χ1) is 8.61. The van der Waals surface area contributed by atoms with Crippen LogP contribution < -0.4 is 4.74 Å². The van der Waals surface area contributed by atoms with E-state index in [-0.39, 0.29) is 16.3 Å². The third-order valence-corrected chi connectivity index (χ3v) is 2.65. The molecule has 1 N–H and O–H groups in total. The van der Waals surface area contributed by atoms with Crippen molar-refractivity contribution in [3.05, 3.63) is 41.2 Å². The molecule has 2 rings (SSSR count). The quantitative estimate of drug-likeness (QED) is 0.924. The van der Waals surface area contributed by atoms with Crippen LogP contribution >= 0.6 is 11.6 Å². The molecule has 0 unspecified atom stereocenters. The van der Waals surface area contributed by atoms with Gasteiger partial charge in [0, 0.05) is 6.54 Å². The van der Waals surface area contributed by atoms with Gasteiger partial charge in [-0.25, -0.2) is 4.79 Å². The molecular weight excluding hydrogens is 256 g/mol. The predicted octanol–water partition coefficient (Wildman–Crippen LogP) is 3.05. The second kappa shape index (κ2) is 5.10. The van der Waals surface area contributed by atoms with E-state index in [1.807, 2.05) is 6.92 Å². The van der Waals surface area contributed by atoms with Crippen molar-refractivity contribution >= 4 is 17.6 Å². The Balaban J connectivity index is 2.36. The van der Waals surface area contributed by atoms with E-state index < -0.39 is 5.97 Å². The number of benzene rings is 1. The van der Waals surface area contributed by atoms with E-state index >= 15 is 0 Å². The van der Waals surface area contributed by atoms with Gasteiger partial charge in [0.15, 0.2) is 11.5 Å². The second-order valence-corrected chi connectivity index (χ2v) is 3.96. The third kappa shape index (κ3) is 2.46. The van der Waals surface area contributed by atoms with E-state index in [1.165, 1.54) is 12.3 Å². The van der Waals surface area contributed by atoms with Crippen LogP contribution in [0.2, 0.25) is 5.02 Å². The maximum absolute atomic E-state index is 11.1. The molecule has 0 saturated heterocycles. The number of nitrogens with zero attached hydrogens (tertiary/aromatic N) is 2. The molecule has 0 fully saturated rings. The number of aromatic carboxylic acids is 1.